The zero-order valence-electron chi connectivity index (χ0n) is 8.06. The van der Waals surface area contributed by atoms with E-state index in [4.69, 9.17) is 12.3 Å². The average Bonchev–Trinajstić information content (AvgIpc) is 2.64. The van der Waals surface area contributed by atoms with Crippen molar-refractivity contribution in [2.45, 2.75) is 18.5 Å². The normalized spacial score (nSPS) is 28.2. The van der Waals surface area contributed by atoms with E-state index < -0.39 is 24.0 Å². The van der Waals surface area contributed by atoms with Crippen LogP contribution in [0.1, 0.15) is 6.42 Å². The van der Waals surface area contributed by atoms with E-state index in [1.54, 1.807) is 0 Å². The highest BCUT2D eigenvalue weighted by molar-refractivity contribution is 5.78. The Bertz CT molecular complexity index is 248. The van der Waals surface area contributed by atoms with Gasteiger partial charge in [0.15, 0.2) is 1.41 Å². The number of carboxylic acid groups (broad SMARTS) is 1. The van der Waals surface area contributed by atoms with Gasteiger partial charge in [-0.3, -0.25) is 9.59 Å². The number of aliphatic carboxylic acids is 1. The molecule has 0 radical (unpaired) electrons. The van der Waals surface area contributed by atoms with Gasteiger partial charge in [0.25, 0.3) is 0 Å². The molecule has 0 spiro atoms. The van der Waals surface area contributed by atoms with E-state index in [-0.39, 0.29) is 13.0 Å². The van der Waals surface area contributed by atoms with E-state index >= 15 is 0 Å². The number of carbonyl (C=O) groups is 2. The minimum absolute atomic E-state index is 0.224. The molecule has 0 aromatic heterocycles. The van der Waals surface area contributed by atoms with Crippen LogP contribution in [-0.2, 0) is 9.59 Å². The van der Waals surface area contributed by atoms with Crippen LogP contribution in [0.5, 0.6) is 0 Å². The van der Waals surface area contributed by atoms with Gasteiger partial charge < -0.3 is 21.5 Å². The SMILES string of the molecule is [2H]N(C(=O)CN)[C@H]1CN[C@H](C(=O)O)C1. The van der Waals surface area contributed by atoms with Crippen molar-refractivity contribution in [1.29, 1.82) is 0 Å². The monoisotopic (exact) mass is 188 g/mol. The summed E-state index contributed by atoms with van der Waals surface area (Å²) in [4.78, 5) is 21.6. The van der Waals surface area contributed by atoms with Crippen molar-refractivity contribution in [2.75, 3.05) is 13.1 Å². The summed E-state index contributed by atoms with van der Waals surface area (Å²) >= 11 is 0. The minimum atomic E-state index is -0.957. The van der Waals surface area contributed by atoms with Crippen LogP contribution in [0.2, 0.25) is 1.41 Å². The molecule has 6 heteroatoms. The summed E-state index contributed by atoms with van der Waals surface area (Å²) in [5.74, 6) is -1.45. The van der Waals surface area contributed by atoms with Crippen molar-refractivity contribution in [3.05, 3.63) is 0 Å². The van der Waals surface area contributed by atoms with Crippen molar-refractivity contribution in [3.63, 3.8) is 0 Å². The maximum Gasteiger partial charge on any atom is 0.320 e. The molecule has 13 heavy (non-hydrogen) atoms. The molecule has 1 aliphatic rings. The summed E-state index contributed by atoms with van der Waals surface area (Å²) in [6.45, 7) is 0.101. The summed E-state index contributed by atoms with van der Waals surface area (Å²) in [5, 5.41) is 12.1. The lowest BCUT2D eigenvalue weighted by atomic mass is 10.2. The van der Waals surface area contributed by atoms with Gasteiger partial charge in [0.1, 0.15) is 6.04 Å². The molecule has 0 aromatic rings. The Hall–Kier alpha value is -1.14. The molecule has 1 aliphatic heterocycles. The van der Waals surface area contributed by atoms with Crippen LogP contribution in [0, 0.1) is 0 Å². The molecule has 1 heterocycles. The lowest BCUT2D eigenvalue weighted by Gasteiger charge is -2.09. The van der Waals surface area contributed by atoms with Crippen molar-refractivity contribution < 1.29 is 16.1 Å². The van der Waals surface area contributed by atoms with Gasteiger partial charge in [-0.15, -0.1) is 0 Å². The highest BCUT2D eigenvalue weighted by Crippen LogP contribution is 2.06. The highest BCUT2D eigenvalue weighted by Gasteiger charge is 2.29. The lowest BCUT2D eigenvalue weighted by molar-refractivity contribution is -0.139. The Labute approximate surface area is 76.9 Å². The van der Waals surface area contributed by atoms with Crippen molar-refractivity contribution >= 4 is 11.9 Å². The van der Waals surface area contributed by atoms with Gasteiger partial charge in [0.2, 0.25) is 5.91 Å². The summed E-state index contributed by atoms with van der Waals surface area (Å²) in [7, 11) is 0. The number of nitrogens with one attached hydrogen (secondary N) is 2. The topological polar surface area (TPSA) is 104 Å². The number of hydrogen-bond donors (Lipinski definition) is 4. The van der Waals surface area contributed by atoms with Gasteiger partial charge in [-0.2, -0.15) is 0 Å². The summed E-state index contributed by atoms with van der Waals surface area (Å²) in [6.07, 6.45) is 0.255. The Morgan fingerprint density at radius 2 is 2.46 bits per heavy atom. The quantitative estimate of drug-likeness (QED) is 0.405. The smallest absolute Gasteiger partial charge is 0.320 e. The largest absolute Gasteiger partial charge is 0.480 e. The number of nitrogens with two attached hydrogens (primary N) is 1. The number of amides is 1. The van der Waals surface area contributed by atoms with Gasteiger partial charge in [0.05, 0.1) is 6.54 Å². The van der Waals surface area contributed by atoms with E-state index in [2.05, 4.69) is 5.32 Å². The third-order valence-corrected chi connectivity index (χ3v) is 1.91. The molecule has 74 valence electrons. The summed E-state index contributed by atoms with van der Waals surface area (Å²) in [6, 6.07) is -1.06. The molecule has 0 saturated carbocycles. The Balaban J connectivity index is 2.49. The first kappa shape index (κ1) is 8.46. The summed E-state index contributed by atoms with van der Waals surface area (Å²) < 4.78 is 7.38. The molecule has 2 atom stereocenters. The van der Waals surface area contributed by atoms with Gasteiger partial charge in [-0.1, -0.05) is 0 Å². The van der Waals surface area contributed by atoms with Gasteiger partial charge in [-0.05, 0) is 6.42 Å². The van der Waals surface area contributed by atoms with Crippen LogP contribution in [0.4, 0.5) is 0 Å². The predicted molar refractivity (Wildman–Crippen MR) is 45.0 cm³/mol. The fourth-order valence-corrected chi connectivity index (χ4v) is 1.26. The molecule has 0 bridgehead atoms. The minimum Gasteiger partial charge on any atom is -0.480 e. The Morgan fingerprint density at radius 1 is 1.77 bits per heavy atom. The van der Waals surface area contributed by atoms with Crippen molar-refractivity contribution in [1.82, 2.24) is 10.6 Å². The molecule has 1 rings (SSSR count). The van der Waals surface area contributed by atoms with E-state index in [9.17, 15) is 9.59 Å². The zero-order valence-corrected chi connectivity index (χ0v) is 7.06. The van der Waals surface area contributed by atoms with Gasteiger partial charge >= 0.3 is 5.97 Å². The van der Waals surface area contributed by atoms with Gasteiger partial charge in [0, 0.05) is 12.6 Å². The average molecular weight is 188 g/mol. The van der Waals surface area contributed by atoms with Crippen LogP contribution in [-0.4, -0.2) is 42.2 Å². The number of carboxylic acids is 1. The molecule has 0 aliphatic carbocycles. The molecule has 1 saturated heterocycles. The first-order chi connectivity index (χ1) is 6.56. The maximum atomic E-state index is 11.0. The first-order valence-electron chi connectivity index (χ1n) is 4.48. The van der Waals surface area contributed by atoms with Crippen molar-refractivity contribution in [3.8, 4) is 0 Å². The second-order valence-corrected chi connectivity index (χ2v) is 2.92. The lowest BCUT2D eigenvalue weighted by Crippen LogP contribution is -2.39. The third-order valence-electron chi connectivity index (χ3n) is 1.91. The Kier molecular flexibility index (Phi) is 2.73. The number of carbonyl (C=O) groups excluding carboxylic acids is 1. The second kappa shape index (κ2) is 4.20. The molecule has 0 aromatic carbocycles. The highest BCUT2D eigenvalue weighted by atomic mass is 16.4. The van der Waals surface area contributed by atoms with E-state index in [1.807, 2.05) is 0 Å². The van der Waals surface area contributed by atoms with Crippen LogP contribution >= 0.6 is 0 Å². The third kappa shape index (κ3) is 2.67. The Morgan fingerprint density at radius 3 is 2.92 bits per heavy atom. The molecular formula is C7H13N3O3. The molecule has 6 nitrogen and oxygen atoms in total. The molecule has 5 N–H and O–H groups in total. The molecule has 1 fully saturated rings. The van der Waals surface area contributed by atoms with Crippen LogP contribution in [0.25, 0.3) is 0 Å². The van der Waals surface area contributed by atoms with Crippen LogP contribution in [0.15, 0.2) is 0 Å². The standard InChI is InChI=1S/C7H13N3O3/c8-2-6(11)10-4-1-5(7(12)13)9-3-4/h4-5,9H,1-3,8H2,(H,10,11)(H,12,13)/t4-,5+/m1/s1/i/hD. The predicted octanol–water partition coefficient (Wildman–Crippen LogP) is -2.12. The first-order valence-corrected chi connectivity index (χ1v) is 4.03. The molecular weight excluding hydrogens is 174 g/mol. The molecule has 1 amide bonds. The van der Waals surface area contributed by atoms with Crippen LogP contribution < -0.4 is 16.4 Å². The van der Waals surface area contributed by atoms with Crippen LogP contribution in [0.3, 0.4) is 0 Å². The maximum absolute atomic E-state index is 11.0. The van der Waals surface area contributed by atoms with Crippen molar-refractivity contribution in [2.24, 2.45) is 5.73 Å². The summed E-state index contributed by atoms with van der Waals surface area (Å²) in [5.41, 5.74) is 5.09. The number of hydrogen-bond acceptors (Lipinski definition) is 4. The second-order valence-electron chi connectivity index (χ2n) is 2.92. The van der Waals surface area contributed by atoms with E-state index in [0.29, 0.717) is 6.54 Å². The van der Waals surface area contributed by atoms with E-state index in [0.717, 1.165) is 5.31 Å². The zero-order chi connectivity index (χ0) is 10.7. The molecule has 0 unspecified atom stereocenters. The van der Waals surface area contributed by atoms with Gasteiger partial charge in [-0.25, -0.2) is 0 Å². The fraction of sp³-hybridized carbons (Fsp3) is 0.714. The number of rotatable bonds is 3. The fourth-order valence-electron chi connectivity index (χ4n) is 1.26. The van der Waals surface area contributed by atoms with E-state index in [1.165, 1.54) is 0 Å².